The maximum Gasteiger partial charge on any atom is 0.243 e. The summed E-state index contributed by atoms with van der Waals surface area (Å²) < 4.78 is 25.9. The molecule has 5 nitrogen and oxygen atoms in total. The number of benzene rings is 2. The molecule has 0 aliphatic heterocycles. The number of hydrogen-bond donors (Lipinski definition) is 1. The molecule has 1 N–H and O–H groups in total. The highest BCUT2D eigenvalue weighted by atomic mass is 35.5. The van der Waals surface area contributed by atoms with Crippen molar-refractivity contribution in [1.82, 2.24) is 5.32 Å². The van der Waals surface area contributed by atoms with Gasteiger partial charge in [0, 0.05) is 22.2 Å². The molecular weight excluding hydrogens is 404 g/mol. The molecule has 0 aromatic heterocycles. The van der Waals surface area contributed by atoms with E-state index in [0.29, 0.717) is 29.4 Å². The molecule has 0 saturated carbocycles. The van der Waals surface area contributed by atoms with Crippen LogP contribution < -0.4 is 9.62 Å². The highest BCUT2D eigenvalue weighted by Gasteiger charge is 2.31. The number of hydrogen-bond acceptors (Lipinski definition) is 4. The summed E-state index contributed by atoms with van der Waals surface area (Å²) in [6.45, 7) is 2.23. The van der Waals surface area contributed by atoms with Crippen molar-refractivity contribution in [3.05, 3.63) is 59.6 Å². The molecule has 0 aliphatic carbocycles. The Labute approximate surface area is 170 Å². The van der Waals surface area contributed by atoms with Crippen LogP contribution in [0.3, 0.4) is 0 Å². The van der Waals surface area contributed by atoms with E-state index in [-0.39, 0.29) is 5.91 Å². The minimum absolute atomic E-state index is 0.323. The Balaban J connectivity index is 2.06. The molecule has 0 aliphatic rings. The van der Waals surface area contributed by atoms with Crippen LogP contribution in [0.5, 0.6) is 0 Å². The lowest BCUT2D eigenvalue weighted by atomic mass is 10.2. The molecule has 0 saturated heterocycles. The van der Waals surface area contributed by atoms with Crippen LogP contribution in [0.25, 0.3) is 0 Å². The van der Waals surface area contributed by atoms with Gasteiger partial charge in [0.1, 0.15) is 6.04 Å². The third-order valence-electron chi connectivity index (χ3n) is 3.81. The SMILES string of the molecule is CC[C@@H](C(=O)NCCSc1ccccc1)N(c1cccc(Cl)c1)S(C)(=O)=O. The summed E-state index contributed by atoms with van der Waals surface area (Å²) >= 11 is 7.63. The van der Waals surface area contributed by atoms with E-state index in [0.717, 1.165) is 15.5 Å². The van der Waals surface area contributed by atoms with Gasteiger partial charge in [-0.1, -0.05) is 42.8 Å². The fraction of sp³-hybridized carbons (Fsp3) is 0.316. The summed E-state index contributed by atoms with van der Waals surface area (Å²) in [5.74, 6) is 0.374. The fourth-order valence-corrected chi connectivity index (χ4v) is 4.83. The van der Waals surface area contributed by atoms with Gasteiger partial charge in [0.05, 0.1) is 11.9 Å². The first kappa shape index (κ1) is 21.6. The molecule has 8 heteroatoms. The number of nitrogens with zero attached hydrogens (tertiary/aromatic N) is 1. The van der Waals surface area contributed by atoms with Crippen LogP contribution in [0.1, 0.15) is 13.3 Å². The monoisotopic (exact) mass is 426 g/mol. The van der Waals surface area contributed by atoms with Gasteiger partial charge < -0.3 is 5.32 Å². The molecule has 2 rings (SSSR count). The molecule has 27 heavy (non-hydrogen) atoms. The average molecular weight is 427 g/mol. The lowest BCUT2D eigenvalue weighted by Gasteiger charge is -2.30. The van der Waals surface area contributed by atoms with E-state index < -0.39 is 16.1 Å². The Morgan fingerprint density at radius 1 is 1.19 bits per heavy atom. The van der Waals surface area contributed by atoms with Gasteiger partial charge in [-0.05, 0) is 36.8 Å². The number of amides is 1. The van der Waals surface area contributed by atoms with Crippen molar-refractivity contribution in [2.45, 2.75) is 24.3 Å². The molecule has 146 valence electrons. The number of sulfonamides is 1. The molecule has 1 amide bonds. The Morgan fingerprint density at radius 3 is 2.48 bits per heavy atom. The van der Waals surface area contributed by atoms with Crippen LogP contribution in [-0.4, -0.2) is 38.9 Å². The molecule has 1 atom stereocenters. The molecular formula is C19H23ClN2O3S2. The number of anilines is 1. The highest BCUT2D eigenvalue weighted by Crippen LogP contribution is 2.25. The summed E-state index contributed by atoms with van der Waals surface area (Å²) in [4.78, 5) is 13.8. The van der Waals surface area contributed by atoms with Gasteiger partial charge in [-0.2, -0.15) is 0 Å². The molecule has 0 spiro atoms. The Hall–Kier alpha value is -1.70. The Kier molecular flexibility index (Phi) is 8.01. The number of carbonyl (C=O) groups excluding carboxylic acids is 1. The van der Waals surface area contributed by atoms with E-state index in [1.807, 2.05) is 30.3 Å². The molecule has 2 aromatic carbocycles. The topological polar surface area (TPSA) is 66.5 Å². The van der Waals surface area contributed by atoms with Crippen LogP contribution in [-0.2, 0) is 14.8 Å². The quantitative estimate of drug-likeness (QED) is 0.489. The van der Waals surface area contributed by atoms with Crippen molar-refractivity contribution >= 4 is 45.0 Å². The summed E-state index contributed by atoms with van der Waals surface area (Å²) in [5, 5.41) is 3.25. The van der Waals surface area contributed by atoms with Crippen LogP contribution >= 0.6 is 23.4 Å². The fourth-order valence-electron chi connectivity index (χ4n) is 2.65. The van der Waals surface area contributed by atoms with E-state index >= 15 is 0 Å². The summed E-state index contributed by atoms with van der Waals surface area (Å²) in [6, 6.07) is 15.6. The summed E-state index contributed by atoms with van der Waals surface area (Å²) in [7, 11) is -3.66. The van der Waals surface area contributed by atoms with Gasteiger partial charge in [-0.25, -0.2) is 8.42 Å². The molecule has 0 unspecified atom stereocenters. The van der Waals surface area contributed by atoms with Crippen LogP contribution in [0.15, 0.2) is 59.5 Å². The van der Waals surface area contributed by atoms with Crippen molar-refractivity contribution in [2.24, 2.45) is 0 Å². The van der Waals surface area contributed by atoms with E-state index in [1.54, 1.807) is 43.0 Å². The second-order valence-electron chi connectivity index (χ2n) is 5.92. The number of nitrogens with one attached hydrogen (secondary N) is 1. The van der Waals surface area contributed by atoms with Crippen molar-refractivity contribution in [2.75, 3.05) is 22.9 Å². The summed E-state index contributed by atoms with van der Waals surface area (Å²) in [5.41, 5.74) is 0.380. The van der Waals surface area contributed by atoms with Crippen LogP contribution in [0, 0.1) is 0 Å². The number of halogens is 1. The maximum atomic E-state index is 12.7. The highest BCUT2D eigenvalue weighted by molar-refractivity contribution is 7.99. The average Bonchev–Trinajstić information content (AvgIpc) is 2.62. The van der Waals surface area contributed by atoms with Crippen molar-refractivity contribution in [3.8, 4) is 0 Å². The van der Waals surface area contributed by atoms with Gasteiger partial charge >= 0.3 is 0 Å². The zero-order valence-corrected chi connectivity index (χ0v) is 17.7. The second-order valence-corrected chi connectivity index (χ2v) is 9.38. The molecule has 0 bridgehead atoms. The van der Waals surface area contributed by atoms with Crippen molar-refractivity contribution in [3.63, 3.8) is 0 Å². The van der Waals surface area contributed by atoms with Crippen molar-refractivity contribution < 1.29 is 13.2 Å². The minimum Gasteiger partial charge on any atom is -0.353 e. The first-order chi connectivity index (χ1) is 12.8. The zero-order valence-electron chi connectivity index (χ0n) is 15.3. The predicted octanol–water partition coefficient (Wildman–Crippen LogP) is 3.79. The van der Waals surface area contributed by atoms with Gasteiger partial charge in [-0.15, -0.1) is 11.8 Å². The zero-order chi connectivity index (χ0) is 19.9. The standard InChI is InChI=1S/C19H23ClN2O3S2/c1-3-18(19(23)21-12-13-26-17-10-5-4-6-11-17)22(27(2,24)25)16-9-7-8-15(20)14-16/h4-11,14,18H,3,12-13H2,1-2H3,(H,21,23)/t18-/m0/s1. The van der Waals surface area contributed by atoms with Gasteiger partial charge in [-0.3, -0.25) is 9.10 Å². The third-order valence-corrected chi connectivity index (χ3v) is 6.23. The lowest BCUT2D eigenvalue weighted by molar-refractivity contribution is -0.122. The first-order valence-corrected chi connectivity index (χ1v) is 11.7. The van der Waals surface area contributed by atoms with Gasteiger partial charge in [0.25, 0.3) is 0 Å². The van der Waals surface area contributed by atoms with E-state index in [4.69, 9.17) is 11.6 Å². The maximum absolute atomic E-state index is 12.7. The van der Waals surface area contributed by atoms with Crippen LogP contribution in [0.2, 0.25) is 5.02 Å². The Morgan fingerprint density at radius 2 is 1.89 bits per heavy atom. The Bertz CT molecular complexity index is 860. The lowest BCUT2D eigenvalue weighted by Crippen LogP contribution is -2.49. The van der Waals surface area contributed by atoms with Gasteiger partial charge in [0.15, 0.2) is 0 Å². The number of rotatable bonds is 9. The second kappa shape index (κ2) is 10.0. The largest absolute Gasteiger partial charge is 0.353 e. The van der Waals surface area contributed by atoms with E-state index in [1.165, 1.54) is 0 Å². The first-order valence-electron chi connectivity index (χ1n) is 8.53. The van der Waals surface area contributed by atoms with Gasteiger partial charge in [0.2, 0.25) is 15.9 Å². The normalized spacial score (nSPS) is 12.4. The number of thioether (sulfide) groups is 1. The van der Waals surface area contributed by atoms with E-state index in [2.05, 4.69) is 5.32 Å². The molecule has 2 aromatic rings. The predicted molar refractivity (Wildman–Crippen MR) is 113 cm³/mol. The minimum atomic E-state index is -3.66. The molecule has 0 heterocycles. The number of carbonyl (C=O) groups is 1. The summed E-state index contributed by atoms with van der Waals surface area (Å²) in [6.07, 6.45) is 1.44. The molecule has 0 radical (unpaired) electrons. The van der Waals surface area contributed by atoms with E-state index in [9.17, 15) is 13.2 Å². The molecule has 0 fully saturated rings. The van der Waals surface area contributed by atoms with Crippen LogP contribution in [0.4, 0.5) is 5.69 Å². The smallest absolute Gasteiger partial charge is 0.243 e. The van der Waals surface area contributed by atoms with Crippen molar-refractivity contribution in [1.29, 1.82) is 0 Å². The third kappa shape index (κ3) is 6.45.